The lowest BCUT2D eigenvalue weighted by Gasteiger charge is -2.42. The van der Waals surface area contributed by atoms with Crippen molar-refractivity contribution in [1.29, 1.82) is 0 Å². The summed E-state index contributed by atoms with van der Waals surface area (Å²) in [5.74, 6) is 4.32. The Bertz CT molecular complexity index is 1860. The van der Waals surface area contributed by atoms with E-state index in [1.54, 1.807) is 0 Å². The lowest BCUT2D eigenvalue weighted by molar-refractivity contribution is 0.167. The number of hydrogen-bond acceptors (Lipinski definition) is 12. The Morgan fingerprint density at radius 3 is 0.459 bits per heavy atom. The largest absolute Gasteiger partial charge is 0.340 e. The number of aliphatic imine (C=N–C) groups is 4. The molecule has 74 heavy (non-hydrogen) atoms. The van der Waals surface area contributed by atoms with Gasteiger partial charge in [0.15, 0.2) is 0 Å². The molecule has 0 aromatic heterocycles. The Morgan fingerprint density at radius 1 is 0.216 bits per heavy atom. The Labute approximate surface area is 444 Å². The maximum atomic E-state index is 5.99. The minimum absolute atomic E-state index is 0.943. The first-order valence-electron chi connectivity index (χ1n) is 28.3. The Balaban J connectivity index is 1.24. The van der Waals surface area contributed by atoms with Gasteiger partial charge in [-0.1, -0.05) is 0 Å². The third-order valence-electron chi connectivity index (χ3n) is 17.2. The van der Waals surface area contributed by atoms with E-state index in [9.17, 15) is 0 Å². The number of benzene rings is 2. The van der Waals surface area contributed by atoms with Crippen LogP contribution < -0.4 is 0 Å². The molecular weight excluding hydrogens is 929 g/mol. The summed E-state index contributed by atoms with van der Waals surface area (Å²) in [6.45, 7) is 31.3. The second-order valence-electron chi connectivity index (χ2n) is 22.9. The molecule has 0 unspecified atom stereocenters. The van der Waals surface area contributed by atoms with Crippen molar-refractivity contribution < 1.29 is 0 Å². The van der Waals surface area contributed by atoms with E-state index in [0.29, 0.717) is 0 Å². The zero-order valence-corrected chi connectivity index (χ0v) is 46.9. The molecule has 0 spiro atoms. The van der Waals surface area contributed by atoms with Crippen molar-refractivity contribution in [2.24, 2.45) is 20.0 Å². The second-order valence-corrected chi connectivity index (χ2v) is 22.9. The molecule has 10 rings (SSSR count). The highest BCUT2D eigenvalue weighted by atomic mass is 15.5. The molecule has 8 fully saturated rings. The summed E-state index contributed by atoms with van der Waals surface area (Å²) in [5, 5.41) is 2.09. The highest BCUT2D eigenvalue weighted by molar-refractivity contribution is 6.15. The Hall–Kier alpha value is -4.54. The average Bonchev–Trinajstić information content (AvgIpc) is 3.42. The van der Waals surface area contributed by atoms with Crippen LogP contribution in [0.1, 0.15) is 0 Å². The van der Waals surface area contributed by atoms with Crippen LogP contribution in [0.25, 0.3) is 10.8 Å². The Kier molecular flexibility index (Phi) is 17.3. The standard InChI is InChI=1S/C54H92N20/c1-59-13-29-67(30-14-59)51(68-31-15-60(2)16-32-68)55-45-9-10-47(57-53(71-37-21-63(5)22-38-71)72-39-23-64(6)24-40-72)50-48(58-54(73-41-25-65(7)26-42-73)74-43-27-66(8)28-44-74)12-11-46(49(45)50)56-52(69-33-17-61(3)18-34-69)70-35-19-62(4)20-36-70/h9-12H,13-44H2,1-8H3. The second kappa shape index (κ2) is 24.2. The average molecular weight is 1020 g/mol. The summed E-state index contributed by atoms with van der Waals surface area (Å²) >= 11 is 0. The molecule has 8 heterocycles. The van der Waals surface area contributed by atoms with Crippen LogP contribution in [-0.2, 0) is 0 Å². The monoisotopic (exact) mass is 1020 g/mol. The van der Waals surface area contributed by atoms with Gasteiger partial charge in [-0.2, -0.15) is 0 Å². The number of fused-ring (bicyclic) bond motifs is 1. The topological polar surface area (TPSA) is 101 Å². The number of hydrogen-bond donors (Lipinski definition) is 0. The smallest absolute Gasteiger partial charge is 0.202 e. The lowest BCUT2D eigenvalue weighted by atomic mass is 10.0. The van der Waals surface area contributed by atoms with Crippen LogP contribution in [0.2, 0.25) is 0 Å². The van der Waals surface area contributed by atoms with Gasteiger partial charge in [0.25, 0.3) is 0 Å². The van der Waals surface area contributed by atoms with Gasteiger partial charge < -0.3 is 78.4 Å². The molecule has 408 valence electrons. The van der Waals surface area contributed by atoms with E-state index in [1.807, 2.05) is 0 Å². The zero-order valence-electron chi connectivity index (χ0n) is 46.9. The van der Waals surface area contributed by atoms with Crippen LogP contribution in [0.5, 0.6) is 0 Å². The van der Waals surface area contributed by atoms with Crippen molar-refractivity contribution in [2.75, 3.05) is 266 Å². The van der Waals surface area contributed by atoms with Gasteiger partial charge in [0.05, 0.1) is 22.7 Å². The predicted octanol–water partition coefficient (Wildman–Crippen LogP) is 0.769. The van der Waals surface area contributed by atoms with Crippen molar-refractivity contribution in [3.8, 4) is 0 Å². The molecule has 2 aromatic carbocycles. The maximum Gasteiger partial charge on any atom is 0.202 e. The van der Waals surface area contributed by atoms with Crippen LogP contribution in [0.4, 0.5) is 22.7 Å². The van der Waals surface area contributed by atoms with Crippen LogP contribution >= 0.6 is 0 Å². The van der Waals surface area contributed by atoms with Crippen molar-refractivity contribution in [3.05, 3.63) is 24.3 Å². The fourth-order valence-corrected chi connectivity index (χ4v) is 11.6. The summed E-state index contributed by atoms with van der Waals surface area (Å²) in [6, 6.07) is 9.16. The molecule has 0 radical (unpaired) electrons. The van der Waals surface area contributed by atoms with Crippen molar-refractivity contribution in [3.63, 3.8) is 0 Å². The maximum absolute atomic E-state index is 5.99. The highest BCUT2D eigenvalue weighted by Crippen LogP contribution is 2.46. The van der Waals surface area contributed by atoms with Gasteiger partial charge in [0.2, 0.25) is 23.8 Å². The van der Waals surface area contributed by atoms with Gasteiger partial charge in [-0.3, -0.25) is 0 Å². The third kappa shape index (κ3) is 12.7. The molecule has 0 bridgehead atoms. The fourth-order valence-electron chi connectivity index (χ4n) is 11.6. The van der Waals surface area contributed by atoms with E-state index in [0.717, 1.165) is 267 Å². The number of guanidine groups is 4. The van der Waals surface area contributed by atoms with E-state index in [2.05, 4.69) is 159 Å². The molecule has 0 aliphatic carbocycles. The number of piperazine rings is 8. The predicted molar refractivity (Wildman–Crippen MR) is 305 cm³/mol. The molecule has 20 heteroatoms. The Morgan fingerprint density at radius 2 is 0.338 bits per heavy atom. The first-order valence-corrected chi connectivity index (χ1v) is 28.3. The zero-order chi connectivity index (χ0) is 51.3. The molecular formula is C54H92N20. The molecule has 2 aromatic rings. The normalized spacial score (nSPS) is 23.7. The number of likely N-dealkylation sites (N-methyl/N-ethyl adjacent to an activating group) is 8. The molecule has 20 nitrogen and oxygen atoms in total. The summed E-state index contributed by atoms with van der Waals surface area (Å²) in [7, 11) is 18.0. The van der Waals surface area contributed by atoms with E-state index < -0.39 is 0 Å². The number of rotatable bonds is 4. The van der Waals surface area contributed by atoms with E-state index in [1.165, 1.54) is 0 Å². The summed E-state index contributed by atoms with van der Waals surface area (Å²) < 4.78 is 0. The van der Waals surface area contributed by atoms with Crippen LogP contribution in [0.15, 0.2) is 44.2 Å². The highest BCUT2D eigenvalue weighted by Gasteiger charge is 2.32. The first kappa shape index (κ1) is 52.9. The fraction of sp³-hybridized carbons (Fsp3) is 0.741. The third-order valence-corrected chi connectivity index (χ3v) is 17.2. The van der Waals surface area contributed by atoms with Crippen LogP contribution in [0.3, 0.4) is 0 Å². The van der Waals surface area contributed by atoms with Crippen LogP contribution in [-0.4, -0.2) is 368 Å². The van der Waals surface area contributed by atoms with Gasteiger partial charge in [-0.15, -0.1) is 0 Å². The molecule has 0 N–H and O–H groups in total. The van der Waals surface area contributed by atoms with E-state index >= 15 is 0 Å². The molecule has 0 saturated carbocycles. The molecule has 8 saturated heterocycles. The number of nitrogens with zero attached hydrogens (tertiary/aromatic N) is 20. The van der Waals surface area contributed by atoms with Crippen LogP contribution in [0, 0.1) is 0 Å². The molecule has 0 amide bonds. The van der Waals surface area contributed by atoms with E-state index in [4.69, 9.17) is 20.0 Å². The lowest BCUT2D eigenvalue weighted by Crippen LogP contribution is -2.56. The summed E-state index contributed by atoms with van der Waals surface area (Å²) in [4.78, 5) is 64.1. The van der Waals surface area contributed by atoms with Crippen molar-refractivity contribution >= 4 is 57.4 Å². The van der Waals surface area contributed by atoms with Gasteiger partial charge in [-0.25, -0.2) is 20.0 Å². The minimum atomic E-state index is 0.943. The van der Waals surface area contributed by atoms with Crippen molar-refractivity contribution in [1.82, 2.24) is 78.4 Å². The summed E-state index contributed by atoms with van der Waals surface area (Å²) in [5.41, 5.74) is 3.78. The molecule has 8 aliphatic rings. The van der Waals surface area contributed by atoms with Gasteiger partial charge in [-0.05, 0) is 80.6 Å². The van der Waals surface area contributed by atoms with Gasteiger partial charge >= 0.3 is 0 Å². The quantitative estimate of drug-likeness (QED) is 0.319. The molecule has 8 aliphatic heterocycles. The SMILES string of the molecule is CN1CCN(C(=Nc2ccc(N=C(N3CCN(C)CC3)N3CCN(C)CC3)c3c(N=C(N4CCN(C)CC4)N4CCN(C)CC4)ccc(N=C(N4CCN(C)CC4)N4CCN(C)CC4)c23)N2CCN(C)CC2)CC1. The molecule has 0 atom stereocenters. The summed E-state index contributed by atoms with van der Waals surface area (Å²) in [6.07, 6.45) is 0. The first-order chi connectivity index (χ1) is 35.9. The van der Waals surface area contributed by atoms with Gasteiger partial charge in [0, 0.05) is 220 Å². The minimum Gasteiger partial charge on any atom is -0.340 e. The van der Waals surface area contributed by atoms with Crippen molar-refractivity contribution in [2.45, 2.75) is 0 Å². The van der Waals surface area contributed by atoms with Gasteiger partial charge in [0.1, 0.15) is 0 Å². The van der Waals surface area contributed by atoms with E-state index in [-0.39, 0.29) is 0 Å².